The number of hydrogen-bond acceptors (Lipinski definition) is 5. The fourth-order valence-corrected chi connectivity index (χ4v) is 4.71. The fourth-order valence-electron chi connectivity index (χ4n) is 4.71. The number of anilines is 1. The monoisotopic (exact) mass is 463 g/mol. The number of rotatable bonds is 7. The number of piperazine rings is 1. The van der Waals surface area contributed by atoms with Gasteiger partial charge in [0.05, 0.1) is 17.6 Å². The molecule has 0 spiro atoms. The third-order valence-electron chi connectivity index (χ3n) is 6.52. The third kappa shape index (κ3) is 4.77. The Kier molecular flexibility index (Phi) is 6.49. The third-order valence-corrected chi connectivity index (χ3v) is 6.52. The van der Waals surface area contributed by atoms with Gasteiger partial charge in [-0.3, -0.25) is 14.4 Å². The van der Waals surface area contributed by atoms with Crippen LogP contribution in [0.4, 0.5) is 10.1 Å². The van der Waals surface area contributed by atoms with Crippen LogP contribution in [0.25, 0.3) is 11.3 Å². The van der Waals surface area contributed by atoms with Crippen molar-refractivity contribution in [1.29, 1.82) is 0 Å². The highest BCUT2D eigenvalue weighted by molar-refractivity contribution is 5.78. The molecule has 0 radical (unpaired) electrons. The Morgan fingerprint density at radius 1 is 1.15 bits per heavy atom. The normalized spacial score (nSPS) is 15.4. The van der Waals surface area contributed by atoms with E-state index in [-0.39, 0.29) is 18.3 Å². The number of aromatic nitrogens is 2. The van der Waals surface area contributed by atoms with Gasteiger partial charge in [0.2, 0.25) is 5.91 Å². The van der Waals surface area contributed by atoms with Crippen LogP contribution in [0.3, 0.4) is 0 Å². The van der Waals surface area contributed by atoms with Crippen LogP contribution in [0.15, 0.2) is 48.7 Å². The Bertz CT molecular complexity index is 1170. The SMILES string of the molecule is Cc1ccc2c(c1)-c1c(cnn1CC(=O)NCCCN1CCN(c3ccccc3F)CC1)CO2. The van der Waals surface area contributed by atoms with Crippen LogP contribution in [0.5, 0.6) is 5.75 Å². The van der Waals surface area contributed by atoms with E-state index in [2.05, 4.69) is 26.3 Å². The second-order valence-electron chi connectivity index (χ2n) is 8.95. The Morgan fingerprint density at radius 2 is 1.97 bits per heavy atom. The van der Waals surface area contributed by atoms with Gasteiger partial charge in [0.25, 0.3) is 0 Å². The van der Waals surface area contributed by atoms with Crippen molar-refractivity contribution >= 4 is 11.6 Å². The number of benzene rings is 2. The van der Waals surface area contributed by atoms with Gasteiger partial charge in [0, 0.05) is 43.9 Å². The minimum atomic E-state index is -0.164. The fraction of sp³-hybridized carbons (Fsp3) is 0.385. The van der Waals surface area contributed by atoms with Gasteiger partial charge in [0.15, 0.2) is 0 Å². The van der Waals surface area contributed by atoms with Gasteiger partial charge in [-0.2, -0.15) is 5.10 Å². The van der Waals surface area contributed by atoms with Gasteiger partial charge in [-0.1, -0.05) is 23.8 Å². The molecule has 2 aromatic carbocycles. The summed E-state index contributed by atoms with van der Waals surface area (Å²) in [6, 6.07) is 13.0. The van der Waals surface area contributed by atoms with E-state index in [1.165, 1.54) is 6.07 Å². The summed E-state index contributed by atoms with van der Waals surface area (Å²) >= 11 is 0. The minimum Gasteiger partial charge on any atom is -0.488 e. The first-order chi connectivity index (χ1) is 16.6. The first-order valence-corrected chi connectivity index (χ1v) is 11.9. The minimum absolute atomic E-state index is 0.0454. The molecule has 1 fully saturated rings. The number of para-hydroxylation sites is 1. The summed E-state index contributed by atoms with van der Waals surface area (Å²) < 4.78 is 21.6. The lowest BCUT2D eigenvalue weighted by atomic mass is 10.0. The van der Waals surface area contributed by atoms with Gasteiger partial charge in [0.1, 0.15) is 24.7 Å². The van der Waals surface area contributed by atoms with E-state index in [1.54, 1.807) is 16.9 Å². The highest BCUT2D eigenvalue weighted by Gasteiger charge is 2.23. The van der Waals surface area contributed by atoms with Crippen LogP contribution in [0.1, 0.15) is 17.5 Å². The quantitative estimate of drug-likeness (QED) is 0.545. The average molecular weight is 464 g/mol. The summed E-state index contributed by atoms with van der Waals surface area (Å²) in [4.78, 5) is 17.1. The van der Waals surface area contributed by atoms with Crippen molar-refractivity contribution in [3.05, 3.63) is 65.6 Å². The van der Waals surface area contributed by atoms with Crippen LogP contribution < -0.4 is 15.0 Å². The molecule has 3 heterocycles. The summed E-state index contributed by atoms with van der Waals surface area (Å²) in [7, 11) is 0. The number of aryl methyl sites for hydroxylation is 1. The van der Waals surface area contributed by atoms with E-state index in [0.29, 0.717) is 18.8 Å². The Hall–Kier alpha value is -3.39. The maximum absolute atomic E-state index is 14.0. The van der Waals surface area contributed by atoms with Gasteiger partial charge in [-0.15, -0.1) is 0 Å². The van der Waals surface area contributed by atoms with Crippen LogP contribution in [-0.2, 0) is 17.9 Å². The number of nitrogens with zero attached hydrogens (tertiary/aromatic N) is 4. The first-order valence-electron chi connectivity index (χ1n) is 11.9. The standard InChI is InChI=1S/C26H30FN5O2/c1-19-7-8-24-21(15-19)26-20(18-34-24)16-29-32(26)17-25(33)28-9-4-10-30-11-13-31(14-12-30)23-6-3-2-5-22(23)27/h2-3,5-8,15-16H,4,9-14,17-18H2,1H3,(H,28,33). The van der Waals surface area contributed by atoms with E-state index in [0.717, 1.165) is 67.3 Å². The second-order valence-corrected chi connectivity index (χ2v) is 8.95. The van der Waals surface area contributed by atoms with Crippen molar-refractivity contribution < 1.29 is 13.9 Å². The molecule has 1 amide bonds. The van der Waals surface area contributed by atoms with Crippen molar-refractivity contribution in [2.75, 3.05) is 44.2 Å². The highest BCUT2D eigenvalue weighted by atomic mass is 19.1. The number of amides is 1. The molecule has 5 rings (SSSR count). The molecule has 178 valence electrons. The predicted octanol–water partition coefficient (Wildman–Crippen LogP) is 3.22. The topological polar surface area (TPSA) is 62.6 Å². The van der Waals surface area contributed by atoms with Crippen molar-refractivity contribution in [3.63, 3.8) is 0 Å². The molecule has 8 heteroatoms. The van der Waals surface area contributed by atoms with Crippen molar-refractivity contribution in [2.24, 2.45) is 0 Å². The predicted molar refractivity (Wildman–Crippen MR) is 129 cm³/mol. The number of carbonyl (C=O) groups excluding carboxylic acids is 1. The number of halogens is 1. The Balaban J connectivity index is 1.08. The molecular weight excluding hydrogens is 433 g/mol. The molecule has 2 aliphatic rings. The molecule has 1 N–H and O–H groups in total. The lowest BCUT2D eigenvalue weighted by molar-refractivity contribution is -0.121. The van der Waals surface area contributed by atoms with E-state index in [9.17, 15) is 9.18 Å². The number of fused-ring (bicyclic) bond motifs is 3. The summed E-state index contributed by atoms with van der Waals surface area (Å²) in [5, 5.41) is 7.47. The largest absolute Gasteiger partial charge is 0.488 e. The molecule has 3 aromatic rings. The Labute approximate surface area is 199 Å². The lowest BCUT2D eigenvalue weighted by Gasteiger charge is -2.36. The molecule has 0 unspecified atom stereocenters. The van der Waals surface area contributed by atoms with Crippen molar-refractivity contribution in [1.82, 2.24) is 20.0 Å². The van der Waals surface area contributed by atoms with Gasteiger partial charge in [-0.25, -0.2) is 4.39 Å². The summed E-state index contributed by atoms with van der Waals surface area (Å²) in [6.45, 7) is 7.63. The maximum Gasteiger partial charge on any atom is 0.241 e. The van der Waals surface area contributed by atoms with Gasteiger partial charge < -0.3 is 15.0 Å². The number of carbonyl (C=O) groups is 1. The van der Waals surface area contributed by atoms with Crippen LogP contribution in [0.2, 0.25) is 0 Å². The maximum atomic E-state index is 14.0. The van der Waals surface area contributed by atoms with Gasteiger partial charge in [-0.05, 0) is 44.2 Å². The van der Waals surface area contributed by atoms with E-state index < -0.39 is 0 Å². The van der Waals surface area contributed by atoms with Gasteiger partial charge >= 0.3 is 0 Å². The van der Waals surface area contributed by atoms with E-state index >= 15 is 0 Å². The summed E-state index contributed by atoms with van der Waals surface area (Å²) in [5.41, 5.74) is 4.77. The molecule has 0 atom stereocenters. The van der Waals surface area contributed by atoms with E-state index in [4.69, 9.17) is 4.74 Å². The zero-order valence-corrected chi connectivity index (χ0v) is 19.5. The Morgan fingerprint density at radius 3 is 2.79 bits per heavy atom. The smallest absolute Gasteiger partial charge is 0.241 e. The van der Waals surface area contributed by atoms with Crippen molar-refractivity contribution in [3.8, 4) is 17.0 Å². The zero-order chi connectivity index (χ0) is 23.5. The molecule has 0 bridgehead atoms. The summed E-state index contributed by atoms with van der Waals surface area (Å²) in [6.07, 6.45) is 2.66. The molecule has 0 aliphatic carbocycles. The second kappa shape index (κ2) is 9.85. The number of hydrogen-bond donors (Lipinski definition) is 1. The molecule has 34 heavy (non-hydrogen) atoms. The van der Waals surface area contributed by atoms with Crippen LogP contribution in [-0.4, -0.2) is 59.9 Å². The summed E-state index contributed by atoms with van der Waals surface area (Å²) in [5.74, 6) is 0.620. The molecule has 1 saturated heterocycles. The molecule has 2 aliphatic heterocycles. The molecule has 1 aromatic heterocycles. The molecule has 7 nitrogen and oxygen atoms in total. The highest BCUT2D eigenvalue weighted by Crippen LogP contribution is 2.37. The lowest BCUT2D eigenvalue weighted by Crippen LogP contribution is -2.47. The zero-order valence-electron chi connectivity index (χ0n) is 19.5. The van der Waals surface area contributed by atoms with Crippen LogP contribution >= 0.6 is 0 Å². The molecular formula is C26H30FN5O2. The van der Waals surface area contributed by atoms with Crippen LogP contribution in [0, 0.1) is 12.7 Å². The number of nitrogens with one attached hydrogen (secondary N) is 1. The van der Waals surface area contributed by atoms with Crippen molar-refractivity contribution in [2.45, 2.75) is 26.5 Å². The average Bonchev–Trinajstić information content (AvgIpc) is 3.26. The molecule has 0 saturated carbocycles. The van der Waals surface area contributed by atoms with E-state index in [1.807, 2.05) is 31.2 Å². The first kappa shape index (κ1) is 22.4. The number of ether oxygens (including phenoxy) is 1.